The van der Waals surface area contributed by atoms with Gasteiger partial charge in [0.25, 0.3) is 10.0 Å². The standard InChI is InChI=1S/C12H11BrFN3O2S/c13-11-6-1-8(14)7-12(11)17-20(18,19)10-4-2-9(16-15)3-5-10/h1-7,16-17H,15H2. The third-order valence-electron chi connectivity index (χ3n) is 2.50. The van der Waals surface area contributed by atoms with E-state index in [4.69, 9.17) is 5.84 Å². The second-order valence-corrected chi connectivity index (χ2v) is 6.44. The van der Waals surface area contributed by atoms with Gasteiger partial charge in [0.15, 0.2) is 0 Å². The Kier molecular flexibility index (Phi) is 4.26. The zero-order valence-electron chi connectivity index (χ0n) is 10.1. The van der Waals surface area contributed by atoms with E-state index < -0.39 is 15.8 Å². The van der Waals surface area contributed by atoms with Crippen LogP contribution in [-0.4, -0.2) is 8.42 Å². The SMILES string of the molecule is NNc1ccc(S(=O)(=O)Nc2cc(F)ccc2Br)cc1. The van der Waals surface area contributed by atoms with Gasteiger partial charge in [0.1, 0.15) is 5.82 Å². The zero-order chi connectivity index (χ0) is 14.8. The van der Waals surface area contributed by atoms with Crippen LogP contribution in [0.5, 0.6) is 0 Å². The van der Waals surface area contributed by atoms with Gasteiger partial charge in [-0.15, -0.1) is 0 Å². The average Bonchev–Trinajstić information content (AvgIpc) is 2.43. The second kappa shape index (κ2) is 5.78. The van der Waals surface area contributed by atoms with E-state index >= 15 is 0 Å². The molecule has 5 nitrogen and oxygen atoms in total. The minimum Gasteiger partial charge on any atom is -0.324 e. The van der Waals surface area contributed by atoms with Crippen LogP contribution in [0.25, 0.3) is 0 Å². The molecule has 2 rings (SSSR count). The Hall–Kier alpha value is -1.64. The van der Waals surface area contributed by atoms with Gasteiger partial charge in [0, 0.05) is 10.2 Å². The van der Waals surface area contributed by atoms with Gasteiger partial charge < -0.3 is 5.43 Å². The molecule has 0 saturated carbocycles. The first-order valence-corrected chi connectivity index (χ1v) is 7.74. The molecule has 0 unspecified atom stereocenters. The van der Waals surface area contributed by atoms with Crippen molar-refractivity contribution in [3.05, 3.63) is 52.8 Å². The smallest absolute Gasteiger partial charge is 0.261 e. The molecule has 4 N–H and O–H groups in total. The highest BCUT2D eigenvalue weighted by molar-refractivity contribution is 9.10. The Balaban J connectivity index is 2.32. The van der Waals surface area contributed by atoms with E-state index in [0.717, 1.165) is 6.07 Å². The van der Waals surface area contributed by atoms with E-state index in [1.54, 1.807) is 0 Å². The lowest BCUT2D eigenvalue weighted by Crippen LogP contribution is -2.14. The summed E-state index contributed by atoms with van der Waals surface area (Å²) < 4.78 is 40.2. The quantitative estimate of drug-likeness (QED) is 0.578. The van der Waals surface area contributed by atoms with E-state index in [0.29, 0.717) is 10.2 Å². The van der Waals surface area contributed by atoms with Crippen molar-refractivity contribution >= 4 is 37.3 Å². The molecule has 0 spiro atoms. The van der Waals surface area contributed by atoms with Gasteiger partial charge in [0.05, 0.1) is 10.6 Å². The van der Waals surface area contributed by atoms with Gasteiger partial charge in [-0.25, -0.2) is 12.8 Å². The minimum absolute atomic E-state index is 0.0488. The summed E-state index contributed by atoms with van der Waals surface area (Å²) in [4.78, 5) is 0.0488. The lowest BCUT2D eigenvalue weighted by molar-refractivity contribution is 0.601. The molecule has 0 fully saturated rings. The van der Waals surface area contributed by atoms with E-state index in [2.05, 4.69) is 26.1 Å². The molecule has 0 radical (unpaired) electrons. The lowest BCUT2D eigenvalue weighted by atomic mass is 10.3. The van der Waals surface area contributed by atoms with Crippen molar-refractivity contribution in [2.24, 2.45) is 5.84 Å². The highest BCUT2D eigenvalue weighted by atomic mass is 79.9. The van der Waals surface area contributed by atoms with Crippen molar-refractivity contribution in [2.75, 3.05) is 10.1 Å². The van der Waals surface area contributed by atoms with E-state index in [9.17, 15) is 12.8 Å². The highest BCUT2D eigenvalue weighted by Gasteiger charge is 2.15. The van der Waals surface area contributed by atoms with Crippen molar-refractivity contribution in [3.8, 4) is 0 Å². The summed E-state index contributed by atoms with van der Waals surface area (Å²) in [5.41, 5.74) is 3.11. The molecular weight excluding hydrogens is 349 g/mol. The van der Waals surface area contributed by atoms with Crippen molar-refractivity contribution < 1.29 is 12.8 Å². The number of hydrogen-bond acceptors (Lipinski definition) is 4. The largest absolute Gasteiger partial charge is 0.324 e. The zero-order valence-corrected chi connectivity index (χ0v) is 12.5. The van der Waals surface area contributed by atoms with Crippen LogP contribution in [0.4, 0.5) is 15.8 Å². The minimum atomic E-state index is -3.79. The lowest BCUT2D eigenvalue weighted by Gasteiger charge is -2.10. The van der Waals surface area contributed by atoms with Crippen LogP contribution in [-0.2, 0) is 10.0 Å². The molecule has 0 bridgehead atoms. The molecular formula is C12H11BrFN3O2S. The molecule has 106 valence electrons. The second-order valence-electron chi connectivity index (χ2n) is 3.90. The van der Waals surface area contributed by atoms with Crippen molar-refractivity contribution in [2.45, 2.75) is 4.90 Å². The number of anilines is 2. The molecule has 20 heavy (non-hydrogen) atoms. The number of hydrogen-bond donors (Lipinski definition) is 3. The molecule has 0 aliphatic heterocycles. The summed E-state index contributed by atoms with van der Waals surface area (Å²) in [6.45, 7) is 0. The van der Waals surface area contributed by atoms with Crippen molar-refractivity contribution in [3.63, 3.8) is 0 Å². The topological polar surface area (TPSA) is 84.2 Å². The van der Waals surface area contributed by atoms with Gasteiger partial charge in [-0.2, -0.15) is 0 Å². The molecule has 2 aromatic rings. The fourth-order valence-corrected chi connectivity index (χ4v) is 3.06. The van der Waals surface area contributed by atoms with Gasteiger partial charge in [0.2, 0.25) is 0 Å². The monoisotopic (exact) mass is 359 g/mol. The third-order valence-corrected chi connectivity index (χ3v) is 4.58. The van der Waals surface area contributed by atoms with Crippen molar-refractivity contribution in [1.82, 2.24) is 0 Å². The van der Waals surface area contributed by atoms with Crippen LogP contribution >= 0.6 is 15.9 Å². The van der Waals surface area contributed by atoms with Crippen LogP contribution < -0.4 is 16.0 Å². The predicted molar refractivity (Wildman–Crippen MR) is 79.2 cm³/mol. The number of nitrogen functional groups attached to an aromatic ring is 1. The summed E-state index contributed by atoms with van der Waals surface area (Å²) in [6, 6.07) is 9.58. The number of nitrogens with two attached hydrogens (primary N) is 1. The molecule has 0 atom stereocenters. The number of sulfonamides is 1. The normalized spacial score (nSPS) is 11.2. The molecule has 2 aromatic carbocycles. The summed E-state index contributed by atoms with van der Waals surface area (Å²) in [5.74, 6) is 4.67. The number of halogens is 2. The Bertz CT molecular complexity index is 720. The molecule has 0 aliphatic rings. The number of hydrazine groups is 1. The summed E-state index contributed by atoms with van der Waals surface area (Å²) in [6.07, 6.45) is 0. The molecule has 8 heteroatoms. The van der Waals surface area contributed by atoms with Gasteiger partial charge in [-0.1, -0.05) is 0 Å². The Morgan fingerprint density at radius 3 is 2.35 bits per heavy atom. The first-order valence-electron chi connectivity index (χ1n) is 5.47. The Labute approximate surface area is 124 Å². The van der Waals surface area contributed by atoms with Crippen LogP contribution in [0.15, 0.2) is 51.8 Å². The van der Waals surface area contributed by atoms with E-state index in [-0.39, 0.29) is 10.6 Å². The van der Waals surface area contributed by atoms with Gasteiger partial charge >= 0.3 is 0 Å². The molecule has 0 aliphatic carbocycles. The Morgan fingerprint density at radius 1 is 1.10 bits per heavy atom. The van der Waals surface area contributed by atoms with E-state index in [1.807, 2.05) is 0 Å². The average molecular weight is 360 g/mol. The number of rotatable bonds is 4. The Morgan fingerprint density at radius 2 is 1.75 bits per heavy atom. The first-order chi connectivity index (χ1) is 9.42. The maximum Gasteiger partial charge on any atom is 0.261 e. The van der Waals surface area contributed by atoms with Gasteiger partial charge in [-0.05, 0) is 58.4 Å². The van der Waals surface area contributed by atoms with E-state index in [1.165, 1.54) is 36.4 Å². The molecule has 0 amide bonds. The third kappa shape index (κ3) is 3.27. The number of benzene rings is 2. The van der Waals surface area contributed by atoms with Crippen LogP contribution in [0.1, 0.15) is 0 Å². The number of nitrogens with one attached hydrogen (secondary N) is 2. The predicted octanol–water partition coefficient (Wildman–Crippen LogP) is 2.67. The van der Waals surface area contributed by atoms with Crippen LogP contribution in [0, 0.1) is 5.82 Å². The molecule has 0 saturated heterocycles. The summed E-state index contributed by atoms with van der Waals surface area (Å²) in [5, 5.41) is 0. The van der Waals surface area contributed by atoms with Crippen LogP contribution in [0.2, 0.25) is 0 Å². The fraction of sp³-hybridized carbons (Fsp3) is 0. The first kappa shape index (κ1) is 14.8. The summed E-state index contributed by atoms with van der Waals surface area (Å²) in [7, 11) is -3.79. The maximum absolute atomic E-state index is 13.1. The highest BCUT2D eigenvalue weighted by Crippen LogP contribution is 2.26. The van der Waals surface area contributed by atoms with Crippen molar-refractivity contribution in [1.29, 1.82) is 0 Å². The molecule has 0 aromatic heterocycles. The van der Waals surface area contributed by atoms with Gasteiger partial charge in [-0.3, -0.25) is 10.6 Å². The molecule has 0 heterocycles. The van der Waals surface area contributed by atoms with Crippen LogP contribution in [0.3, 0.4) is 0 Å². The maximum atomic E-state index is 13.1. The fourth-order valence-electron chi connectivity index (χ4n) is 1.51. The summed E-state index contributed by atoms with van der Waals surface area (Å²) >= 11 is 3.16.